The highest BCUT2D eigenvalue weighted by atomic mass is 16.5. The van der Waals surface area contributed by atoms with E-state index < -0.39 is 0 Å². The molecule has 1 unspecified atom stereocenters. The molecule has 1 atom stereocenters. The van der Waals surface area contributed by atoms with Gasteiger partial charge in [-0.05, 0) is 42.7 Å². The van der Waals surface area contributed by atoms with Gasteiger partial charge in [-0.25, -0.2) is 0 Å². The molecular weight excluding hydrogens is 262 g/mol. The molecule has 3 nitrogen and oxygen atoms in total. The van der Waals surface area contributed by atoms with Crippen LogP contribution in [0.25, 0.3) is 0 Å². The summed E-state index contributed by atoms with van der Waals surface area (Å²) in [6.07, 6.45) is 0.981. The molecular formula is C18H23NO2. The fourth-order valence-corrected chi connectivity index (χ4v) is 2.20. The van der Waals surface area contributed by atoms with Gasteiger partial charge in [-0.15, -0.1) is 0 Å². The van der Waals surface area contributed by atoms with Gasteiger partial charge in [0.05, 0.1) is 19.3 Å². The summed E-state index contributed by atoms with van der Waals surface area (Å²) in [5.74, 6) is 0.847. The second-order valence-electron chi connectivity index (χ2n) is 5.12. The van der Waals surface area contributed by atoms with Crippen LogP contribution in [0.15, 0.2) is 48.5 Å². The van der Waals surface area contributed by atoms with Crippen molar-refractivity contribution in [3.63, 3.8) is 0 Å². The van der Waals surface area contributed by atoms with Crippen LogP contribution in [0.3, 0.4) is 0 Å². The van der Waals surface area contributed by atoms with E-state index in [0.29, 0.717) is 6.61 Å². The molecule has 0 fully saturated rings. The molecule has 0 bridgehead atoms. The first-order valence-corrected chi connectivity index (χ1v) is 7.40. The lowest BCUT2D eigenvalue weighted by atomic mass is 10.1. The van der Waals surface area contributed by atoms with E-state index in [2.05, 4.69) is 25.2 Å². The molecule has 112 valence electrons. The minimum Gasteiger partial charge on any atom is -0.494 e. The molecule has 0 amide bonds. The number of anilines is 1. The maximum absolute atomic E-state index is 9.70. The van der Waals surface area contributed by atoms with E-state index in [4.69, 9.17) is 4.74 Å². The highest BCUT2D eigenvalue weighted by Crippen LogP contribution is 2.24. The lowest BCUT2D eigenvalue weighted by molar-refractivity contribution is 0.275. The number of hydrogen-bond acceptors (Lipinski definition) is 3. The van der Waals surface area contributed by atoms with E-state index in [1.807, 2.05) is 42.5 Å². The van der Waals surface area contributed by atoms with E-state index in [1.165, 1.54) is 0 Å². The fraction of sp³-hybridized carbons (Fsp3) is 0.333. The SMILES string of the molecule is CCCOc1cccc(C(CO)Nc2ccccc2C)c1. The molecule has 0 spiro atoms. The molecule has 2 N–H and O–H groups in total. The van der Waals surface area contributed by atoms with Gasteiger partial charge in [-0.3, -0.25) is 0 Å². The van der Waals surface area contributed by atoms with Gasteiger partial charge in [0.25, 0.3) is 0 Å². The quantitative estimate of drug-likeness (QED) is 0.810. The monoisotopic (exact) mass is 285 g/mol. The summed E-state index contributed by atoms with van der Waals surface area (Å²) in [4.78, 5) is 0. The third-order valence-electron chi connectivity index (χ3n) is 3.39. The first-order chi connectivity index (χ1) is 10.2. The number of nitrogens with one attached hydrogen (secondary N) is 1. The van der Waals surface area contributed by atoms with Gasteiger partial charge < -0.3 is 15.2 Å². The third kappa shape index (κ3) is 4.23. The molecule has 21 heavy (non-hydrogen) atoms. The lowest BCUT2D eigenvalue weighted by Gasteiger charge is -2.20. The van der Waals surface area contributed by atoms with Gasteiger partial charge in [0.2, 0.25) is 0 Å². The Hall–Kier alpha value is -2.00. The standard InChI is InChI=1S/C18H23NO2/c1-3-11-21-16-9-6-8-15(12-16)18(13-20)19-17-10-5-4-7-14(17)2/h4-10,12,18-20H,3,11,13H2,1-2H3. The number of hydrogen-bond donors (Lipinski definition) is 2. The van der Waals surface area contributed by atoms with Crippen molar-refractivity contribution in [3.8, 4) is 5.75 Å². The molecule has 0 aromatic heterocycles. The van der Waals surface area contributed by atoms with Crippen LogP contribution < -0.4 is 10.1 Å². The van der Waals surface area contributed by atoms with Gasteiger partial charge in [0.1, 0.15) is 5.75 Å². The fourth-order valence-electron chi connectivity index (χ4n) is 2.20. The number of para-hydroxylation sites is 1. The van der Waals surface area contributed by atoms with Gasteiger partial charge in [0, 0.05) is 5.69 Å². The van der Waals surface area contributed by atoms with Gasteiger partial charge in [0.15, 0.2) is 0 Å². The van der Waals surface area contributed by atoms with Gasteiger partial charge >= 0.3 is 0 Å². The Balaban J connectivity index is 2.15. The maximum Gasteiger partial charge on any atom is 0.119 e. The van der Waals surface area contributed by atoms with Crippen LogP contribution in [-0.4, -0.2) is 18.3 Å². The molecule has 3 heteroatoms. The van der Waals surface area contributed by atoms with E-state index in [0.717, 1.165) is 29.0 Å². The Bertz CT molecular complexity index is 569. The van der Waals surface area contributed by atoms with Crippen molar-refractivity contribution < 1.29 is 9.84 Å². The lowest BCUT2D eigenvalue weighted by Crippen LogP contribution is -2.15. The Labute approximate surface area is 126 Å². The Morgan fingerprint density at radius 1 is 1.14 bits per heavy atom. The first kappa shape index (κ1) is 15.4. The van der Waals surface area contributed by atoms with Crippen LogP contribution in [0, 0.1) is 6.92 Å². The molecule has 0 aliphatic rings. The van der Waals surface area contributed by atoms with Crippen LogP contribution in [0.4, 0.5) is 5.69 Å². The van der Waals surface area contributed by atoms with Crippen molar-refractivity contribution in [3.05, 3.63) is 59.7 Å². The number of aliphatic hydroxyl groups excluding tert-OH is 1. The summed E-state index contributed by atoms with van der Waals surface area (Å²) in [5.41, 5.74) is 3.22. The van der Waals surface area contributed by atoms with Crippen molar-refractivity contribution in [1.29, 1.82) is 0 Å². The van der Waals surface area contributed by atoms with Crippen LogP contribution in [0.2, 0.25) is 0 Å². The van der Waals surface area contributed by atoms with E-state index in [-0.39, 0.29) is 12.6 Å². The topological polar surface area (TPSA) is 41.5 Å². The number of rotatable bonds is 7. The molecule has 2 aromatic rings. The zero-order valence-electron chi connectivity index (χ0n) is 12.7. The van der Waals surface area contributed by atoms with Gasteiger partial charge in [-0.1, -0.05) is 37.3 Å². The minimum absolute atomic E-state index is 0.0333. The van der Waals surface area contributed by atoms with Crippen LogP contribution in [-0.2, 0) is 0 Å². The summed E-state index contributed by atoms with van der Waals surface area (Å²) in [5, 5.41) is 13.1. The average molecular weight is 285 g/mol. The minimum atomic E-state index is -0.142. The van der Waals surface area contributed by atoms with Crippen LogP contribution >= 0.6 is 0 Å². The molecule has 0 aliphatic carbocycles. The highest BCUT2D eigenvalue weighted by molar-refractivity contribution is 5.52. The molecule has 0 radical (unpaired) electrons. The van der Waals surface area contributed by atoms with Crippen molar-refractivity contribution >= 4 is 5.69 Å². The first-order valence-electron chi connectivity index (χ1n) is 7.40. The predicted molar refractivity (Wildman–Crippen MR) is 86.9 cm³/mol. The highest BCUT2D eigenvalue weighted by Gasteiger charge is 2.12. The van der Waals surface area contributed by atoms with Crippen molar-refractivity contribution in [2.45, 2.75) is 26.3 Å². The zero-order valence-corrected chi connectivity index (χ0v) is 12.7. The summed E-state index contributed by atoms with van der Waals surface area (Å²) in [7, 11) is 0. The Morgan fingerprint density at radius 3 is 2.67 bits per heavy atom. The number of ether oxygens (including phenoxy) is 1. The summed E-state index contributed by atoms with van der Waals surface area (Å²) in [6.45, 7) is 4.88. The van der Waals surface area contributed by atoms with Crippen molar-refractivity contribution in [1.82, 2.24) is 0 Å². The summed E-state index contributed by atoms with van der Waals surface area (Å²) >= 11 is 0. The molecule has 0 heterocycles. The Kier molecular flexibility index (Phi) is 5.64. The second-order valence-corrected chi connectivity index (χ2v) is 5.12. The number of aliphatic hydroxyl groups is 1. The summed E-state index contributed by atoms with van der Waals surface area (Å²) < 4.78 is 5.66. The van der Waals surface area contributed by atoms with Crippen LogP contribution in [0.1, 0.15) is 30.5 Å². The normalized spacial score (nSPS) is 12.0. The maximum atomic E-state index is 9.70. The number of aryl methyl sites for hydroxylation is 1. The third-order valence-corrected chi connectivity index (χ3v) is 3.39. The van der Waals surface area contributed by atoms with E-state index >= 15 is 0 Å². The van der Waals surface area contributed by atoms with Crippen LogP contribution in [0.5, 0.6) is 5.75 Å². The average Bonchev–Trinajstić information content (AvgIpc) is 2.52. The molecule has 2 aromatic carbocycles. The van der Waals surface area contributed by atoms with Crippen molar-refractivity contribution in [2.24, 2.45) is 0 Å². The molecule has 0 saturated heterocycles. The zero-order chi connectivity index (χ0) is 15.1. The van der Waals surface area contributed by atoms with E-state index in [1.54, 1.807) is 0 Å². The number of benzene rings is 2. The summed E-state index contributed by atoms with van der Waals surface area (Å²) in [6, 6.07) is 15.8. The predicted octanol–water partition coefficient (Wildman–Crippen LogP) is 3.93. The largest absolute Gasteiger partial charge is 0.494 e. The smallest absolute Gasteiger partial charge is 0.119 e. The molecule has 2 rings (SSSR count). The Morgan fingerprint density at radius 2 is 1.95 bits per heavy atom. The molecule has 0 saturated carbocycles. The second kappa shape index (κ2) is 7.70. The van der Waals surface area contributed by atoms with E-state index in [9.17, 15) is 5.11 Å². The molecule has 0 aliphatic heterocycles. The van der Waals surface area contributed by atoms with Crippen molar-refractivity contribution in [2.75, 3.05) is 18.5 Å². The van der Waals surface area contributed by atoms with Gasteiger partial charge in [-0.2, -0.15) is 0 Å².